The SMILES string of the molecule is Cc1nnc(-c2ccc(-c3nc(Nc4cnn(C)c4)ncc3C)cc2)o1. The van der Waals surface area contributed by atoms with Gasteiger partial charge in [0.1, 0.15) is 0 Å². The minimum absolute atomic E-state index is 0.507. The van der Waals surface area contributed by atoms with E-state index in [0.717, 1.165) is 28.1 Å². The van der Waals surface area contributed by atoms with Crippen molar-refractivity contribution in [2.45, 2.75) is 13.8 Å². The van der Waals surface area contributed by atoms with Crippen LogP contribution in [0.3, 0.4) is 0 Å². The average Bonchev–Trinajstić information content (AvgIpc) is 3.25. The van der Waals surface area contributed by atoms with Crippen molar-refractivity contribution in [1.29, 1.82) is 0 Å². The van der Waals surface area contributed by atoms with Gasteiger partial charge in [0, 0.05) is 37.5 Å². The maximum absolute atomic E-state index is 5.46. The predicted octanol–water partition coefficient (Wildman–Crippen LogP) is 3.29. The summed E-state index contributed by atoms with van der Waals surface area (Å²) in [5, 5.41) is 15.2. The summed E-state index contributed by atoms with van der Waals surface area (Å²) in [5.74, 6) is 1.57. The molecule has 3 heterocycles. The van der Waals surface area contributed by atoms with Gasteiger partial charge in [-0.25, -0.2) is 9.97 Å². The van der Waals surface area contributed by atoms with Crippen molar-refractivity contribution in [1.82, 2.24) is 29.9 Å². The Bertz CT molecular complexity index is 1050. The molecule has 1 aromatic carbocycles. The molecule has 0 atom stereocenters. The van der Waals surface area contributed by atoms with E-state index < -0.39 is 0 Å². The molecule has 0 aliphatic carbocycles. The molecule has 4 rings (SSSR count). The summed E-state index contributed by atoms with van der Waals surface area (Å²) in [7, 11) is 1.86. The van der Waals surface area contributed by atoms with Gasteiger partial charge in [-0.15, -0.1) is 10.2 Å². The van der Waals surface area contributed by atoms with Crippen LogP contribution in [0.5, 0.6) is 0 Å². The van der Waals surface area contributed by atoms with E-state index >= 15 is 0 Å². The molecule has 26 heavy (non-hydrogen) atoms. The normalized spacial score (nSPS) is 10.9. The summed E-state index contributed by atoms with van der Waals surface area (Å²) in [4.78, 5) is 8.99. The molecule has 0 bridgehead atoms. The highest BCUT2D eigenvalue weighted by Crippen LogP contribution is 2.26. The van der Waals surface area contributed by atoms with Crippen LogP contribution < -0.4 is 5.32 Å². The zero-order valence-corrected chi connectivity index (χ0v) is 14.6. The Morgan fingerprint density at radius 2 is 1.77 bits per heavy atom. The number of nitrogens with zero attached hydrogens (tertiary/aromatic N) is 6. The molecule has 130 valence electrons. The van der Waals surface area contributed by atoms with Crippen LogP contribution in [-0.2, 0) is 7.05 Å². The molecule has 1 N–H and O–H groups in total. The third-order valence-electron chi connectivity index (χ3n) is 3.86. The Kier molecular flexibility index (Phi) is 3.92. The maximum atomic E-state index is 5.46. The second-order valence-corrected chi connectivity index (χ2v) is 5.96. The maximum Gasteiger partial charge on any atom is 0.247 e. The first kappa shape index (κ1) is 15.9. The Balaban J connectivity index is 1.63. The first-order chi connectivity index (χ1) is 12.6. The van der Waals surface area contributed by atoms with Crippen LogP contribution in [0.15, 0.2) is 47.3 Å². The minimum atomic E-state index is 0.507. The van der Waals surface area contributed by atoms with Gasteiger partial charge in [-0.2, -0.15) is 5.10 Å². The van der Waals surface area contributed by atoms with Crippen molar-refractivity contribution in [2.24, 2.45) is 7.05 Å². The lowest BCUT2D eigenvalue weighted by atomic mass is 10.1. The lowest BCUT2D eigenvalue weighted by molar-refractivity contribution is 0.533. The molecular weight excluding hydrogens is 330 g/mol. The van der Waals surface area contributed by atoms with Gasteiger partial charge in [-0.05, 0) is 24.6 Å². The summed E-state index contributed by atoms with van der Waals surface area (Å²) in [6.07, 6.45) is 5.39. The van der Waals surface area contributed by atoms with E-state index in [2.05, 4.69) is 30.6 Å². The van der Waals surface area contributed by atoms with E-state index in [9.17, 15) is 0 Å². The van der Waals surface area contributed by atoms with Crippen LogP contribution in [0.1, 0.15) is 11.5 Å². The topological polar surface area (TPSA) is 94.6 Å². The smallest absolute Gasteiger partial charge is 0.247 e. The van der Waals surface area contributed by atoms with Crippen molar-refractivity contribution in [2.75, 3.05) is 5.32 Å². The van der Waals surface area contributed by atoms with Crippen LogP contribution in [0.25, 0.3) is 22.7 Å². The molecule has 8 nitrogen and oxygen atoms in total. The first-order valence-corrected chi connectivity index (χ1v) is 8.09. The minimum Gasteiger partial charge on any atom is -0.421 e. The van der Waals surface area contributed by atoms with Crippen molar-refractivity contribution in [3.8, 4) is 22.7 Å². The fraction of sp³-hybridized carbons (Fsp3) is 0.167. The van der Waals surface area contributed by atoms with E-state index in [-0.39, 0.29) is 0 Å². The summed E-state index contributed by atoms with van der Waals surface area (Å²) in [5.41, 5.74) is 4.54. The fourth-order valence-electron chi connectivity index (χ4n) is 2.59. The highest BCUT2D eigenvalue weighted by Gasteiger charge is 2.10. The monoisotopic (exact) mass is 347 g/mol. The summed E-state index contributed by atoms with van der Waals surface area (Å²) >= 11 is 0. The number of anilines is 2. The number of aryl methyl sites for hydroxylation is 3. The Hall–Kier alpha value is -3.55. The van der Waals surface area contributed by atoms with Gasteiger partial charge in [-0.1, -0.05) is 12.1 Å². The summed E-state index contributed by atoms with van der Waals surface area (Å²) in [6, 6.07) is 7.85. The molecule has 0 saturated carbocycles. The van der Waals surface area contributed by atoms with E-state index in [1.807, 2.05) is 44.4 Å². The van der Waals surface area contributed by atoms with E-state index in [4.69, 9.17) is 4.42 Å². The van der Waals surface area contributed by atoms with Crippen LogP contribution in [-0.4, -0.2) is 29.9 Å². The molecule has 0 fully saturated rings. The zero-order valence-electron chi connectivity index (χ0n) is 14.6. The summed E-state index contributed by atoms with van der Waals surface area (Å²) < 4.78 is 7.18. The third-order valence-corrected chi connectivity index (χ3v) is 3.86. The van der Waals surface area contributed by atoms with Gasteiger partial charge in [0.25, 0.3) is 0 Å². The second-order valence-electron chi connectivity index (χ2n) is 5.96. The highest BCUT2D eigenvalue weighted by atomic mass is 16.4. The van der Waals surface area contributed by atoms with Crippen LogP contribution in [0.4, 0.5) is 11.6 Å². The second kappa shape index (κ2) is 6.40. The van der Waals surface area contributed by atoms with Gasteiger partial charge >= 0.3 is 0 Å². The largest absolute Gasteiger partial charge is 0.421 e. The zero-order chi connectivity index (χ0) is 18.1. The molecule has 0 aliphatic heterocycles. The van der Waals surface area contributed by atoms with E-state index in [1.165, 1.54) is 0 Å². The molecule has 8 heteroatoms. The first-order valence-electron chi connectivity index (χ1n) is 8.09. The highest BCUT2D eigenvalue weighted by molar-refractivity contribution is 5.68. The molecule has 0 amide bonds. The quantitative estimate of drug-likeness (QED) is 0.605. The number of aromatic nitrogens is 6. The van der Waals surface area contributed by atoms with Gasteiger partial charge < -0.3 is 9.73 Å². The number of hydrogen-bond donors (Lipinski definition) is 1. The molecule has 0 unspecified atom stereocenters. The van der Waals surface area contributed by atoms with Crippen LogP contribution >= 0.6 is 0 Å². The third kappa shape index (κ3) is 3.16. The number of nitrogens with one attached hydrogen (secondary N) is 1. The molecular formula is C18H17N7O. The molecule has 4 aromatic rings. The van der Waals surface area contributed by atoms with E-state index in [0.29, 0.717) is 17.7 Å². The lowest BCUT2D eigenvalue weighted by Gasteiger charge is -2.08. The van der Waals surface area contributed by atoms with Crippen LogP contribution in [0.2, 0.25) is 0 Å². The molecule has 0 saturated heterocycles. The molecule has 3 aromatic heterocycles. The van der Waals surface area contributed by atoms with Gasteiger partial charge in [0.2, 0.25) is 17.7 Å². The molecule has 0 radical (unpaired) electrons. The Morgan fingerprint density at radius 1 is 1.00 bits per heavy atom. The lowest BCUT2D eigenvalue weighted by Crippen LogP contribution is -1.99. The summed E-state index contributed by atoms with van der Waals surface area (Å²) in [6.45, 7) is 3.75. The predicted molar refractivity (Wildman–Crippen MR) is 96.7 cm³/mol. The Labute approximate surface area is 149 Å². The fourth-order valence-corrected chi connectivity index (χ4v) is 2.59. The average molecular weight is 347 g/mol. The van der Waals surface area contributed by atoms with Crippen molar-refractivity contribution in [3.63, 3.8) is 0 Å². The van der Waals surface area contributed by atoms with Crippen LogP contribution in [0, 0.1) is 13.8 Å². The van der Waals surface area contributed by atoms with Crippen molar-refractivity contribution in [3.05, 3.63) is 54.3 Å². The molecule has 0 spiro atoms. The number of hydrogen-bond acceptors (Lipinski definition) is 7. The number of benzene rings is 1. The molecule has 0 aliphatic rings. The Morgan fingerprint density at radius 3 is 2.42 bits per heavy atom. The number of rotatable bonds is 4. The van der Waals surface area contributed by atoms with E-state index in [1.54, 1.807) is 24.0 Å². The van der Waals surface area contributed by atoms with Gasteiger partial charge in [0.15, 0.2) is 0 Å². The van der Waals surface area contributed by atoms with Gasteiger partial charge in [-0.3, -0.25) is 4.68 Å². The van der Waals surface area contributed by atoms with Crippen molar-refractivity contribution < 1.29 is 4.42 Å². The van der Waals surface area contributed by atoms with Gasteiger partial charge in [0.05, 0.1) is 17.6 Å². The standard InChI is InChI=1S/C18H17N7O/c1-11-8-19-18(21-15-9-20-25(3)10-15)22-16(11)13-4-6-14(7-5-13)17-24-23-12(2)26-17/h4-10H,1-3H3,(H,19,21,22). The van der Waals surface area contributed by atoms with Crippen molar-refractivity contribution >= 4 is 11.6 Å².